The maximum absolute atomic E-state index is 13.8. The van der Waals surface area contributed by atoms with Crippen LogP contribution in [0.4, 0.5) is 11.4 Å². The molecule has 0 radical (unpaired) electrons. The van der Waals surface area contributed by atoms with Crippen LogP contribution in [0.25, 0.3) is 10.9 Å². The smallest absolute Gasteiger partial charge is 0.269 e. The molecule has 0 bridgehead atoms. The predicted molar refractivity (Wildman–Crippen MR) is 174 cm³/mol. The zero-order chi connectivity index (χ0) is 31.3. The third-order valence-electron chi connectivity index (χ3n) is 8.27. The number of morpholine rings is 1. The van der Waals surface area contributed by atoms with E-state index >= 15 is 0 Å². The topological polar surface area (TPSA) is 127 Å². The van der Waals surface area contributed by atoms with E-state index in [-0.39, 0.29) is 28.5 Å². The number of non-ortho nitro benzene ring substituents is 1. The van der Waals surface area contributed by atoms with Crippen molar-refractivity contribution in [3.63, 3.8) is 0 Å². The van der Waals surface area contributed by atoms with Gasteiger partial charge in [-0.15, -0.1) is 0 Å². The van der Waals surface area contributed by atoms with Crippen LogP contribution in [0.3, 0.4) is 0 Å². The molecule has 3 aromatic carbocycles. The van der Waals surface area contributed by atoms with E-state index in [4.69, 9.17) is 17.0 Å². The summed E-state index contributed by atoms with van der Waals surface area (Å²) in [5, 5.41) is 18.1. The maximum atomic E-state index is 13.8. The van der Waals surface area contributed by atoms with Gasteiger partial charge >= 0.3 is 0 Å². The normalized spacial score (nSPS) is 15.7. The van der Waals surface area contributed by atoms with E-state index in [1.807, 2.05) is 16.7 Å². The molecular formula is C32H35N7O5S. The summed E-state index contributed by atoms with van der Waals surface area (Å²) in [5.74, 6) is -0.255. The van der Waals surface area contributed by atoms with E-state index < -0.39 is 4.92 Å². The molecule has 0 unspecified atom stereocenters. The second-order valence-corrected chi connectivity index (χ2v) is 11.6. The minimum absolute atomic E-state index is 0.0513. The Morgan fingerprint density at radius 1 is 0.956 bits per heavy atom. The molecule has 6 rings (SSSR count). The Bertz CT molecular complexity index is 1830. The number of anilines is 1. The monoisotopic (exact) mass is 629 g/mol. The number of carbonyl (C=O) groups excluding carboxylic acids is 1. The van der Waals surface area contributed by atoms with E-state index in [0.717, 1.165) is 63.7 Å². The zero-order valence-corrected chi connectivity index (χ0v) is 25.6. The molecule has 0 saturated carbocycles. The van der Waals surface area contributed by atoms with Crippen LogP contribution in [-0.4, -0.2) is 77.3 Å². The molecule has 2 saturated heterocycles. The standard InChI is InChI=1S/C32H35N7O5S/c40-30(34-20-23-4-7-26(8-5-23)36-14-16-44-17-15-36)25-6-9-28-29(19-25)38(22-35-12-10-33-11-13-35)32(45)37(31(28)41)21-24-2-1-3-27(18-24)39(42)43/h1-9,18-19,33H,10-17,20-22H2,(H,34,40). The van der Waals surface area contributed by atoms with E-state index in [2.05, 4.69) is 32.6 Å². The van der Waals surface area contributed by atoms with Gasteiger partial charge < -0.3 is 24.8 Å². The van der Waals surface area contributed by atoms with Gasteiger partial charge in [0.2, 0.25) is 0 Å². The number of nitro benzene ring substituents is 1. The average molecular weight is 630 g/mol. The van der Waals surface area contributed by atoms with E-state index in [1.54, 1.807) is 30.3 Å². The van der Waals surface area contributed by atoms with Gasteiger partial charge in [0.05, 0.1) is 42.3 Å². The Balaban J connectivity index is 1.28. The number of nitrogens with zero attached hydrogens (tertiary/aromatic N) is 5. The van der Waals surface area contributed by atoms with Gasteiger partial charge in [0.25, 0.3) is 17.2 Å². The lowest BCUT2D eigenvalue weighted by atomic mass is 10.1. The van der Waals surface area contributed by atoms with E-state index in [9.17, 15) is 19.7 Å². The third kappa shape index (κ3) is 6.96. The fourth-order valence-electron chi connectivity index (χ4n) is 5.77. The number of benzene rings is 3. The minimum atomic E-state index is -0.459. The highest BCUT2D eigenvalue weighted by Crippen LogP contribution is 2.20. The Hall–Kier alpha value is -4.43. The van der Waals surface area contributed by atoms with Gasteiger partial charge in [-0.05, 0) is 53.7 Å². The molecule has 2 aliphatic heterocycles. The highest BCUT2D eigenvalue weighted by Gasteiger charge is 2.18. The highest BCUT2D eigenvalue weighted by molar-refractivity contribution is 7.71. The summed E-state index contributed by atoms with van der Waals surface area (Å²) < 4.78 is 9.08. The Labute approximate surface area is 265 Å². The molecule has 0 atom stereocenters. The van der Waals surface area contributed by atoms with Gasteiger partial charge in [0.1, 0.15) is 0 Å². The Kier molecular flexibility index (Phi) is 9.31. The first kappa shape index (κ1) is 30.6. The highest BCUT2D eigenvalue weighted by atomic mass is 32.1. The first-order chi connectivity index (χ1) is 21.9. The van der Waals surface area contributed by atoms with Gasteiger partial charge in [0, 0.05) is 69.2 Å². The molecule has 12 nitrogen and oxygen atoms in total. The van der Waals surface area contributed by atoms with Crippen LogP contribution >= 0.6 is 12.2 Å². The van der Waals surface area contributed by atoms with Gasteiger partial charge in [-0.25, -0.2) is 0 Å². The molecule has 4 aromatic rings. The van der Waals surface area contributed by atoms with Crippen molar-refractivity contribution in [2.24, 2.45) is 0 Å². The number of carbonyl (C=O) groups is 1. The molecule has 2 fully saturated rings. The van der Waals surface area contributed by atoms with Crippen LogP contribution in [0.1, 0.15) is 21.5 Å². The van der Waals surface area contributed by atoms with Crippen LogP contribution in [0, 0.1) is 14.9 Å². The molecule has 1 amide bonds. The van der Waals surface area contributed by atoms with Crippen molar-refractivity contribution in [3.8, 4) is 0 Å². The lowest BCUT2D eigenvalue weighted by Gasteiger charge is -2.29. The molecule has 1 aromatic heterocycles. The second-order valence-electron chi connectivity index (χ2n) is 11.2. The minimum Gasteiger partial charge on any atom is -0.378 e. The maximum Gasteiger partial charge on any atom is 0.269 e. The summed E-state index contributed by atoms with van der Waals surface area (Å²) in [6.45, 7) is 7.31. The van der Waals surface area contributed by atoms with E-state index in [1.165, 1.54) is 16.7 Å². The molecule has 2 N–H and O–H groups in total. The summed E-state index contributed by atoms with van der Waals surface area (Å²) in [6, 6.07) is 19.4. The van der Waals surface area contributed by atoms with Crippen LogP contribution in [0.2, 0.25) is 0 Å². The van der Waals surface area contributed by atoms with Crippen molar-refractivity contribution in [2.45, 2.75) is 19.8 Å². The van der Waals surface area contributed by atoms with Crippen molar-refractivity contribution < 1.29 is 14.5 Å². The van der Waals surface area contributed by atoms with Gasteiger partial charge in [-0.1, -0.05) is 24.3 Å². The van der Waals surface area contributed by atoms with Crippen molar-refractivity contribution in [1.29, 1.82) is 0 Å². The van der Waals surface area contributed by atoms with Gasteiger partial charge in [0.15, 0.2) is 4.77 Å². The van der Waals surface area contributed by atoms with Crippen LogP contribution in [0.5, 0.6) is 0 Å². The number of nitrogens with one attached hydrogen (secondary N) is 2. The quantitative estimate of drug-likeness (QED) is 0.163. The number of amides is 1. The molecule has 45 heavy (non-hydrogen) atoms. The number of fused-ring (bicyclic) bond motifs is 1. The fourth-order valence-corrected chi connectivity index (χ4v) is 6.07. The molecule has 13 heteroatoms. The SMILES string of the molecule is O=C(NCc1ccc(N2CCOCC2)cc1)c1ccc2c(=O)n(Cc3cccc([N+](=O)[O-])c3)c(=S)n(CN3CCNCC3)c2c1. The number of rotatable bonds is 9. The molecule has 0 spiro atoms. The Morgan fingerprint density at radius 2 is 1.71 bits per heavy atom. The third-order valence-corrected chi connectivity index (χ3v) is 8.71. The number of hydrogen-bond acceptors (Lipinski definition) is 9. The lowest BCUT2D eigenvalue weighted by molar-refractivity contribution is -0.384. The number of aromatic nitrogens is 2. The zero-order valence-electron chi connectivity index (χ0n) is 24.8. The molecule has 2 aliphatic rings. The Morgan fingerprint density at radius 3 is 2.44 bits per heavy atom. The van der Waals surface area contributed by atoms with Gasteiger partial charge in [-0.2, -0.15) is 0 Å². The average Bonchev–Trinajstić information content (AvgIpc) is 3.08. The van der Waals surface area contributed by atoms with Crippen LogP contribution < -0.4 is 21.1 Å². The summed E-state index contributed by atoms with van der Waals surface area (Å²) in [4.78, 5) is 42.5. The summed E-state index contributed by atoms with van der Waals surface area (Å²) in [5.41, 5.74) is 3.34. The van der Waals surface area contributed by atoms with E-state index in [0.29, 0.717) is 35.2 Å². The van der Waals surface area contributed by atoms with Crippen molar-refractivity contribution in [3.05, 3.63) is 109 Å². The van der Waals surface area contributed by atoms with Crippen molar-refractivity contribution in [2.75, 3.05) is 57.4 Å². The molecule has 0 aliphatic carbocycles. The summed E-state index contributed by atoms with van der Waals surface area (Å²) in [7, 11) is 0. The largest absolute Gasteiger partial charge is 0.378 e. The molecule has 234 valence electrons. The number of hydrogen-bond donors (Lipinski definition) is 2. The second kappa shape index (κ2) is 13.7. The van der Waals surface area contributed by atoms with Crippen molar-refractivity contribution >= 4 is 40.4 Å². The molecular weight excluding hydrogens is 594 g/mol. The summed E-state index contributed by atoms with van der Waals surface area (Å²) in [6.07, 6.45) is 0. The number of ether oxygens (including phenoxy) is 1. The van der Waals surface area contributed by atoms with Crippen molar-refractivity contribution in [1.82, 2.24) is 24.7 Å². The van der Waals surface area contributed by atoms with Gasteiger partial charge in [-0.3, -0.25) is 29.2 Å². The molecule has 3 heterocycles. The summed E-state index contributed by atoms with van der Waals surface area (Å²) >= 11 is 5.88. The van der Waals surface area contributed by atoms with Crippen LogP contribution in [0.15, 0.2) is 71.5 Å². The fraction of sp³-hybridized carbons (Fsp3) is 0.344. The lowest BCUT2D eigenvalue weighted by Crippen LogP contribution is -2.44. The number of piperazine rings is 1. The van der Waals surface area contributed by atoms with Crippen LogP contribution in [-0.2, 0) is 24.5 Å². The predicted octanol–water partition coefficient (Wildman–Crippen LogP) is 3.12. The number of nitro groups is 1. The first-order valence-electron chi connectivity index (χ1n) is 15.0. The first-order valence-corrected chi connectivity index (χ1v) is 15.4.